The van der Waals surface area contributed by atoms with E-state index in [-0.39, 0.29) is 24.0 Å². The number of aromatic hydroxyl groups is 1. The average Bonchev–Trinajstić information content (AvgIpc) is 2.38. The molecule has 6 nitrogen and oxygen atoms in total. The molecule has 0 aliphatic carbocycles. The van der Waals surface area contributed by atoms with Crippen molar-refractivity contribution in [1.82, 2.24) is 10.7 Å². The molecule has 0 saturated carbocycles. The predicted octanol–water partition coefficient (Wildman–Crippen LogP) is 0.274. The molecule has 1 aliphatic rings. The number of hydrogen-bond acceptors (Lipinski definition) is 4. The molecular formula is C12H13N3O3. The Morgan fingerprint density at radius 1 is 1.33 bits per heavy atom. The molecule has 2 amide bonds. The summed E-state index contributed by atoms with van der Waals surface area (Å²) < 4.78 is 0. The first kappa shape index (κ1) is 12.1. The highest BCUT2D eigenvalue weighted by atomic mass is 16.3. The second kappa shape index (κ2) is 5.31. The molecule has 0 spiro atoms. The number of hydrogen-bond donors (Lipinski definition) is 3. The number of phenols is 1. The summed E-state index contributed by atoms with van der Waals surface area (Å²) in [5.74, 6) is -0.280. The van der Waals surface area contributed by atoms with Crippen molar-refractivity contribution in [2.75, 3.05) is 0 Å². The normalized spacial score (nSPS) is 14.7. The molecule has 1 aromatic carbocycles. The van der Waals surface area contributed by atoms with Gasteiger partial charge in [0, 0.05) is 19.4 Å². The summed E-state index contributed by atoms with van der Waals surface area (Å²) in [5.41, 5.74) is 3.48. The first-order valence-electron chi connectivity index (χ1n) is 5.56. The first-order chi connectivity index (χ1) is 8.65. The number of amides is 2. The van der Waals surface area contributed by atoms with E-state index in [1.54, 1.807) is 24.3 Å². The summed E-state index contributed by atoms with van der Waals surface area (Å²) in [6.45, 7) is 0.353. The average molecular weight is 247 g/mol. The van der Waals surface area contributed by atoms with Gasteiger partial charge < -0.3 is 10.4 Å². The SMILES string of the molecule is O=C1CCC(C(=O)NCc2ccc(O)cc2)=NN1. The zero-order chi connectivity index (χ0) is 13.0. The van der Waals surface area contributed by atoms with Crippen LogP contribution in [-0.2, 0) is 16.1 Å². The maximum absolute atomic E-state index is 11.7. The van der Waals surface area contributed by atoms with Crippen LogP contribution >= 0.6 is 0 Å². The molecule has 0 aromatic heterocycles. The number of phenolic OH excluding ortho intramolecular Hbond substituents is 1. The fourth-order valence-corrected chi connectivity index (χ4v) is 1.54. The first-order valence-corrected chi connectivity index (χ1v) is 5.56. The van der Waals surface area contributed by atoms with E-state index in [9.17, 15) is 9.59 Å². The molecule has 94 valence electrons. The predicted molar refractivity (Wildman–Crippen MR) is 64.8 cm³/mol. The van der Waals surface area contributed by atoms with E-state index in [2.05, 4.69) is 15.8 Å². The highest BCUT2D eigenvalue weighted by Crippen LogP contribution is 2.09. The molecule has 3 N–H and O–H groups in total. The van der Waals surface area contributed by atoms with E-state index in [1.165, 1.54) is 0 Å². The van der Waals surface area contributed by atoms with E-state index in [4.69, 9.17) is 5.11 Å². The zero-order valence-corrected chi connectivity index (χ0v) is 9.64. The van der Waals surface area contributed by atoms with Crippen molar-refractivity contribution in [3.8, 4) is 5.75 Å². The number of hydrazone groups is 1. The van der Waals surface area contributed by atoms with E-state index in [0.29, 0.717) is 18.7 Å². The van der Waals surface area contributed by atoms with Gasteiger partial charge in [-0.1, -0.05) is 12.1 Å². The summed E-state index contributed by atoms with van der Waals surface area (Å²) >= 11 is 0. The molecule has 0 radical (unpaired) electrons. The second-order valence-electron chi connectivity index (χ2n) is 3.94. The molecule has 0 unspecified atom stereocenters. The number of nitrogens with one attached hydrogen (secondary N) is 2. The van der Waals surface area contributed by atoms with Crippen molar-refractivity contribution in [3.63, 3.8) is 0 Å². The second-order valence-corrected chi connectivity index (χ2v) is 3.94. The van der Waals surface area contributed by atoms with Crippen molar-refractivity contribution in [3.05, 3.63) is 29.8 Å². The van der Waals surface area contributed by atoms with Crippen LogP contribution in [0.25, 0.3) is 0 Å². The van der Waals surface area contributed by atoms with Crippen LogP contribution in [0.15, 0.2) is 29.4 Å². The number of carbonyl (C=O) groups is 2. The Labute approximate surface area is 104 Å². The van der Waals surface area contributed by atoms with Gasteiger partial charge >= 0.3 is 0 Å². The fourth-order valence-electron chi connectivity index (χ4n) is 1.54. The Hall–Kier alpha value is -2.37. The minimum atomic E-state index is -0.289. The van der Waals surface area contributed by atoms with Crippen LogP contribution in [0.4, 0.5) is 0 Å². The fraction of sp³-hybridized carbons (Fsp3) is 0.250. The molecule has 1 aliphatic heterocycles. The Bertz CT molecular complexity index is 494. The summed E-state index contributed by atoms with van der Waals surface area (Å²) in [4.78, 5) is 22.6. The Morgan fingerprint density at radius 2 is 2.06 bits per heavy atom. The lowest BCUT2D eigenvalue weighted by atomic mass is 10.1. The standard InChI is InChI=1S/C12H13N3O3/c16-9-3-1-8(2-4-9)7-13-12(18)10-5-6-11(17)15-14-10/h1-4,16H,5-7H2,(H,13,18)(H,15,17). The van der Waals surface area contributed by atoms with Gasteiger partial charge in [0.05, 0.1) is 0 Å². The molecule has 0 saturated heterocycles. The molecule has 1 heterocycles. The monoisotopic (exact) mass is 247 g/mol. The van der Waals surface area contributed by atoms with Crippen LogP contribution in [-0.4, -0.2) is 22.6 Å². The smallest absolute Gasteiger partial charge is 0.267 e. The lowest BCUT2D eigenvalue weighted by Gasteiger charge is -2.11. The van der Waals surface area contributed by atoms with Gasteiger partial charge in [0.2, 0.25) is 5.91 Å². The van der Waals surface area contributed by atoms with Crippen LogP contribution in [0.2, 0.25) is 0 Å². The van der Waals surface area contributed by atoms with Crippen LogP contribution in [0.3, 0.4) is 0 Å². The number of nitrogens with zero attached hydrogens (tertiary/aromatic N) is 1. The Kier molecular flexibility index (Phi) is 3.57. The lowest BCUT2D eigenvalue weighted by Crippen LogP contribution is -2.36. The van der Waals surface area contributed by atoms with Crippen molar-refractivity contribution in [1.29, 1.82) is 0 Å². The van der Waals surface area contributed by atoms with Gasteiger partial charge in [0.25, 0.3) is 5.91 Å². The molecule has 0 fully saturated rings. The van der Waals surface area contributed by atoms with Gasteiger partial charge in [-0.2, -0.15) is 5.10 Å². The van der Waals surface area contributed by atoms with Crippen LogP contribution < -0.4 is 10.7 Å². The minimum Gasteiger partial charge on any atom is -0.508 e. The van der Waals surface area contributed by atoms with Gasteiger partial charge in [-0.3, -0.25) is 9.59 Å². The highest BCUT2D eigenvalue weighted by molar-refractivity contribution is 6.39. The van der Waals surface area contributed by atoms with Crippen molar-refractivity contribution in [2.45, 2.75) is 19.4 Å². The summed E-state index contributed by atoms with van der Waals surface area (Å²) in [6, 6.07) is 6.56. The molecule has 6 heteroatoms. The van der Waals surface area contributed by atoms with E-state index >= 15 is 0 Å². The van der Waals surface area contributed by atoms with Gasteiger partial charge in [-0.05, 0) is 17.7 Å². The van der Waals surface area contributed by atoms with Crippen molar-refractivity contribution < 1.29 is 14.7 Å². The topological polar surface area (TPSA) is 90.8 Å². The Balaban J connectivity index is 1.88. The molecule has 2 rings (SSSR count). The van der Waals surface area contributed by atoms with Crippen LogP contribution in [0.5, 0.6) is 5.75 Å². The van der Waals surface area contributed by atoms with Crippen LogP contribution in [0, 0.1) is 0 Å². The molecular weight excluding hydrogens is 234 g/mol. The molecule has 1 aromatic rings. The third-order valence-electron chi connectivity index (χ3n) is 2.56. The van der Waals surface area contributed by atoms with Gasteiger partial charge in [-0.25, -0.2) is 5.43 Å². The summed E-state index contributed by atoms with van der Waals surface area (Å²) in [7, 11) is 0. The maximum Gasteiger partial charge on any atom is 0.267 e. The van der Waals surface area contributed by atoms with E-state index in [0.717, 1.165) is 5.56 Å². The summed E-state index contributed by atoms with van der Waals surface area (Å²) in [6.07, 6.45) is 0.638. The quantitative estimate of drug-likeness (QED) is 0.716. The maximum atomic E-state index is 11.7. The lowest BCUT2D eigenvalue weighted by molar-refractivity contribution is -0.121. The van der Waals surface area contributed by atoms with Gasteiger partial charge in [-0.15, -0.1) is 0 Å². The largest absolute Gasteiger partial charge is 0.508 e. The third kappa shape index (κ3) is 3.07. The van der Waals surface area contributed by atoms with E-state index in [1.807, 2.05) is 0 Å². The van der Waals surface area contributed by atoms with Gasteiger partial charge in [0.15, 0.2) is 0 Å². The molecule has 0 atom stereocenters. The number of rotatable bonds is 3. The Morgan fingerprint density at radius 3 is 2.67 bits per heavy atom. The van der Waals surface area contributed by atoms with Crippen molar-refractivity contribution >= 4 is 17.5 Å². The zero-order valence-electron chi connectivity index (χ0n) is 9.64. The summed E-state index contributed by atoms with van der Waals surface area (Å²) in [5, 5.41) is 15.5. The van der Waals surface area contributed by atoms with E-state index < -0.39 is 0 Å². The molecule has 0 bridgehead atoms. The van der Waals surface area contributed by atoms with Crippen molar-refractivity contribution in [2.24, 2.45) is 5.10 Å². The minimum absolute atomic E-state index is 0.176. The third-order valence-corrected chi connectivity index (χ3v) is 2.56. The van der Waals surface area contributed by atoms with Crippen LogP contribution in [0.1, 0.15) is 18.4 Å². The molecule has 18 heavy (non-hydrogen) atoms. The van der Waals surface area contributed by atoms with Gasteiger partial charge in [0.1, 0.15) is 11.5 Å². The highest BCUT2D eigenvalue weighted by Gasteiger charge is 2.17. The number of benzene rings is 1. The number of carbonyl (C=O) groups excluding carboxylic acids is 2.